The molecule has 0 amide bonds. The van der Waals surface area contributed by atoms with Gasteiger partial charge in [-0.15, -0.1) is 0 Å². The Morgan fingerprint density at radius 1 is 1.14 bits per heavy atom. The van der Waals surface area contributed by atoms with Gasteiger partial charge in [0.15, 0.2) is 0 Å². The lowest BCUT2D eigenvalue weighted by Gasteiger charge is -2.28. The fourth-order valence-electron chi connectivity index (χ4n) is 2.89. The van der Waals surface area contributed by atoms with Gasteiger partial charge in [0.05, 0.1) is 24.9 Å². The molecule has 1 aliphatic carbocycles. The summed E-state index contributed by atoms with van der Waals surface area (Å²) < 4.78 is 21.9. The quantitative estimate of drug-likeness (QED) is 0.871. The van der Waals surface area contributed by atoms with E-state index in [9.17, 15) is 0 Å². The zero-order chi connectivity index (χ0) is 15.5. The molecule has 0 saturated carbocycles. The van der Waals surface area contributed by atoms with Gasteiger partial charge in [-0.05, 0) is 0 Å². The Hall–Kier alpha value is -1.54. The maximum atomic E-state index is 5.54. The number of nitrogens with zero attached hydrogens (tertiary/aromatic N) is 2. The maximum absolute atomic E-state index is 5.54. The minimum Gasteiger partial charge on any atom is -0.377 e. The van der Waals surface area contributed by atoms with E-state index in [1.54, 1.807) is 21.3 Å². The summed E-state index contributed by atoms with van der Waals surface area (Å²) in [7, 11) is 5.00. The second kappa shape index (κ2) is 6.70. The normalized spacial score (nSPS) is 30.3. The van der Waals surface area contributed by atoms with Crippen LogP contribution in [0.2, 0.25) is 0 Å². The minimum absolute atomic E-state index is 0.0168. The van der Waals surface area contributed by atoms with E-state index in [4.69, 9.17) is 18.9 Å². The molecule has 2 heterocycles. The molecule has 3 rings (SSSR count). The molecule has 7 heteroatoms. The average molecular weight is 307 g/mol. The Labute approximate surface area is 129 Å². The molecule has 1 aliphatic heterocycles. The van der Waals surface area contributed by atoms with E-state index in [0.29, 0.717) is 13.2 Å². The maximum Gasteiger partial charge on any atom is 0.137 e. The van der Waals surface area contributed by atoms with Gasteiger partial charge < -0.3 is 24.3 Å². The van der Waals surface area contributed by atoms with E-state index in [1.807, 2.05) is 12.2 Å². The molecule has 1 N–H and O–H groups in total. The van der Waals surface area contributed by atoms with E-state index < -0.39 is 0 Å². The molecule has 1 fully saturated rings. The molecule has 0 bridgehead atoms. The van der Waals surface area contributed by atoms with Gasteiger partial charge in [-0.2, -0.15) is 0 Å². The number of anilines is 1. The minimum atomic E-state index is -0.244. The summed E-state index contributed by atoms with van der Waals surface area (Å²) in [6, 6.07) is 0.0681. The van der Waals surface area contributed by atoms with Crippen LogP contribution in [0.15, 0.2) is 12.4 Å². The molecule has 22 heavy (non-hydrogen) atoms. The fourth-order valence-corrected chi connectivity index (χ4v) is 2.89. The van der Waals surface area contributed by atoms with Crippen molar-refractivity contribution in [1.29, 1.82) is 0 Å². The number of rotatable bonds is 5. The summed E-state index contributed by atoms with van der Waals surface area (Å²) in [6.45, 7) is 1.18. The number of hydrogen-bond donors (Lipinski definition) is 1. The number of nitrogens with one attached hydrogen (secondary N) is 1. The van der Waals surface area contributed by atoms with Crippen LogP contribution in [0.5, 0.6) is 0 Å². The second-order valence-electron chi connectivity index (χ2n) is 5.30. The van der Waals surface area contributed by atoms with Gasteiger partial charge >= 0.3 is 0 Å². The first-order valence-electron chi connectivity index (χ1n) is 7.24. The average Bonchev–Trinajstić information content (AvgIpc) is 3.01. The van der Waals surface area contributed by atoms with Crippen LogP contribution in [0.25, 0.3) is 6.08 Å². The van der Waals surface area contributed by atoms with Crippen molar-refractivity contribution >= 4 is 11.9 Å². The zero-order valence-electron chi connectivity index (χ0n) is 13.0. The monoisotopic (exact) mass is 307 g/mol. The molecule has 4 atom stereocenters. The SMILES string of the molecule is COC1C=Cc2c(NC3COC[C@H]3OC)ncnc2C1OC. The van der Waals surface area contributed by atoms with E-state index in [1.165, 1.54) is 6.33 Å². The lowest BCUT2D eigenvalue weighted by molar-refractivity contribution is -0.0162. The summed E-state index contributed by atoms with van der Waals surface area (Å²) in [5.41, 5.74) is 1.74. The van der Waals surface area contributed by atoms with Gasteiger partial charge in [0, 0.05) is 26.9 Å². The summed E-state index contributed by atoms with van der Waals surface area (Å²) in [4.78, 5) is 8.74. The first-order chi connectivity index (χ1) is 10.8. The highest BCUT2D eigenvalue weighted by molar-refractivity contribution is 5.68. The number of methoxy groups -OCH3 is 3. The van der Waals surface area contributed by atoms with Gasteiger partial charge in [0.2, 0.25) is 0 Å². The second-order valence-corrected chi connectivity index (χ2v) is 5.30. The molecular formula is C15H21N3O4. The highest BCUT2D eigenvalue weighted by Gasteiger charge is 2.32. The van der Waals surface area contributed by atoms with E-state index in [-0.39, 0.29) is 24.4 Å². The van der Waals surface area contributed by atoms with Crippen LogP contribution < -0.4 is 5.32 Å². The first-order valence-corrected chi connectivity index (χ1v) is 7.24. The highest BCUT2D eigenvalue weighted by atomic mass is 16.5. The predicted octanol–water partition coefficient (Wildman–Crippen LogP) is 1.03. The van der Waals surface area contributed by atoms with E-state index >= 15 is 0 Å². The Balaban J connectivity index is 1.88. The molecular weight excluding hydrogens is 286 g/mol. The van der Waals surface area contributed by atoms with Crippen LogP contribution in [-0.2, 0) is 18.9 Å². The number of fused-ring (bicyclic) bond motifs is 1. The van der Waals surface area contributed by atoms with Crippen molar-refractivity contribution in [1.82, 2.24) is 9.97 Å². The standard InChI is InChI=1S/C15H21N3O4/c1-19-11-5-4-9-13(14(11)21-3)16-8-17-15(9)18-10-6-22-7-12(10)20-2/h4-5,8,10-12,14H,6-7H2,1-3H3,(H,16,17,18)/t10?,11?,12-,14?/m1/s1. The Morgan fingerprint density at radius 2 is 2.00 bits per heavy atom. The molecule has 7 nitrogen and oxygen atoms in total. The molecule has 120 valence electrons. The smallest absolute Gasteiger partial charge is 0.137 e. The Bertz CT molecular complexity index is 552. The van der Waals surface area contributed by atoms with Crippen LogP contribution in [0.4, 0.5) is 5.82 Å². The van der Waals surface area contributed by atoms with E-state index in [2.05, 4.69) is 15.3 Å². The van der Waals surface area contributed by atoms with E-state index in [0.717, 1.165) is 17.1 Å². The lowest BCUT2D eigenvalue weighted by Crippen LogP contribution is -2.34. The third-order valence-corrected chi connectivity index (χ3v) is 4.11. The number of hydrogen-bond acceptors (Lipinski definition) is 7. The van der Waals surface area contributed by atoms with Crippen LogP contribution in [0.3, 0.4) is 0 Å². The molecule has 1 aromatic rings. The largest absolute Gasteiger partial charge is 0.377 e. The van der Waals surface area contributed by atoms with Crippen LogP contribution in [0, 0.1) is 0 Å². The fraction of sp³-hybridized carbons (Fsp3) is 0.600. The predicted molar refractivity (Wildman–Crippen MR) is 80.6 cm³/mol. The molecule has 0 radical (unpaired) electrons. The third kappa shape index (κ3) is 2.72. The highest BCUT2D eigenvalue weighted by Crippen LogP contribution is 2.33. The van der Waals surface area contributed by atoms with Crippen LogP contribution in [-0.4, -0.2) is 62.8 Å². The van der Waals surface area contributed by atoms with Gasteiger partial charge in [0.1, 0.15) is 30.5 Å². The lowest BCUT2D eigenvalue weighted by atomic mass is 9.97. The van der Waals surface area contributed by atoms with Crippen molar-refractivity contribution in [2.45, 2.75) is 24.4 Å². The number of aromatic nitrogens is 2. The number of ether oxygens (including phenoxy) is 4. The molecule has 3 unspecified atom stereocenters. The van der Waals surface area contributed by atoms with Crippen molar-refractivity contribution in [2.75, 3.05) is 39.9 Å². The van der Waals surface area contributed by atoms with Gasteiger partial charge in [-0.25, -0.2) is 9.97 Å². The molecule has 0 aromatic carbocycles. The van der Waals surface area contributed by atoms with Crippen molar-refractivity contribution in [3.63, 3.8) is 0 Å². The van der Waals surface area contributed by atoms with Crippen molar-refractivity contribution in [2.24, 2.45) is 0 Å². The first kappa shape index (κ1) is 15.4. The van der Waals surface area contributed by atoms with Crippen molar-refractivity contribution < 1.29 is 18.9 Å². The van der Waals surface area contributed by atoms with Crippen LogP contribution in [0.1, 0.15) is 17.4 Å². The Kier molecular flexibility index (Phi) is 4.68. The molecule has 1 saturated heterocycles. The third-order valence-electron chi connectivity index (χ3n) is 4.11. The topological polar surface area (TPSA) is 74.7 Å². The molecule has 0 spiro atoms. The van der Waals surface area contributed by atoms with Crippen molar-refractivity contribution in [3.8, 4) is 0 Å². The summed E-state index contributed by atoms with van der Waals surface area (Å²) in [5, 5.41) is 3.40. The zero-order valence-corrected chi connectivity index (χ0v) is 13.0. The summed E-state index contributed by atoms with van der Waals surface area (Å²) in [5.74, 6) is 0.760. The van der Waals surface area contributed by atoms with Gasteiger partial charge in [0.25, 0.3) is 0 Å². The summed E-state index contributed by atoms with van der Waals surface area (Å²) in [6.07, 6.45) is 5.09. The van der Waals surface area contributed by atoms with Crippen LogP contribution >= 0.6 is 0 Å². The summed E-state index contributed by atoms with van der Waals surface area (Å²) >= 11 is 0. The van der Waals surface area contributed by atoms with Gasteiger partial charge in [-0.1, -0.05) is 12.2 Å². The van der Waals surface area contributed by atoms with Gasteiger partial charge in [-0.3, -0.25) is 0 Å². The Morgan fingerprint density at radius 3 is 2.73 bits per heavy atom. The molecule has 1 aromatic heterocycles. The van der Waals surface area contributed by atoms with Crippen molar-refractivity contribution in [3.05, 3.63) is 23.7 Å². The molecule has 2 aliphatic rings.